The van der Waals surface area contributed by atoms with Crippen molar-refractivity contribution >= 4 is 15.7 Å². The summed E-state index contributed by atoms with van der Waals surface area (Å²) in [4.78, 5) is 0. The molecule has 0 aliphatic rings. The minimum absolute atomic E-state index is 0.00457. The number of nitrogens with two attached hydrogens (primary N) is 1. The molecule has 0 saturated carbocycles. The number of benzene rings is 1. The van der Waals surface area contributed by atoms with E-state index < -0.39 is 10.0 Å². The first-order valence-corrected chi connectivity index (χ1v) is 7.28. The van der Waals surface area contributed by atoms with Gasteiger partial charge in [-0.25, -0.2) is 12.7 Å². The molecule has 0 aliphatic heterocycles. The van der Waals surface area contributed by atoms with Gasteiger partial charge in [-0.2, -0.15) is 0 Å². The van der Waals surface area contributed by atoms with Crippen LogP contribution in [0.2, 0.25) is 0 Å². The number of hydrogen-bond acceptors (Lipinski definition) is 3. The van der Waals surface area contributed by atoms with E-state index in [-0.39, 0.29) is 11.8 Å². The average Bonchev–Trinajstić information content (AvgIpc) is 2.30. The standard InChI is InChI=1S/C12H20N2O2S/c1-4-10(2)14(3)17(15,16)9-11-7-5-6-8-12(11)13/h5-8,10H,4,9,13H2,1-3H3. The maximum atomic E-state index is 12.1. The summed E-state index contributed by atoms with van der Waals surface area (Å²) in [6.07, 6.45) is 0.792. The van der Waals surface area contributed by atoms with Crippen molar-refractivity contribution in [3.8, 4) is 0 Å². The minimum atomic E-state index is -3.29. The summed E-state index contributed by atoms with van der Waals surface area (Å²) in [6.45, 7) is 3.86. The third-order valence-electron chi connectivity index (χ3n) is 3.04. The molecule has 1 aromatic carbocycles. The second kappa shape index (κ2) is 5.51. The summed E-state index contributed by atoms with van der Waals surface area (Å²) < 4.78 is 25.7. The summed E-state index contributed by atoms with van der Waals surface area (Å²) in [5.74, 6) is -0.0412. The predicted molar refractivity (Wildman–Crippen MR) is 71.0 cm³/mol. The molecule has 0 heterocycles. The first-order chi connectivity index (χ1) is 7.88. The van der Waals surface area contributed by atoms with Crippen LogP contribution in [0.25, 0.3) is 0 Å². The summed E-state index contributed by atoms with van der Waals surface area (Å²) in [6, 6.07) is 7.06. The van der Waals surface area contributed by atoms with E-state index >= 15 is 0 Å². The van der Waals surface area contributed by atoms with Gasteiger partial charge < -0.3 is 5.73 Å². The van der Waals surface area contributed by atoms with Crippen LogP contribution in [0, 0.1) is 0 Å². The molecule has 0 spiro atoms. The molecule has 2 N–H and O–H groups in total. The van der Waals surface area contributed by atoms with Gasteiger partial charge in [0.25, 0.3) is 0 Å². The van der Waals surface area contributed by atoms with E-state index in [0.717, 1.165) is 6.42 Å². The first kappa shape index (κ1) is 14.0. The highest BCUT2D eigenvalue weighted by atomic mass is 32.2. The molecule has 17 heavy (non-hydrogen) atoms. The number of rotatable bonds is 5. The molecule has 1 atom stereocenters. The zero-order valence-electron chi connectivity index (χ0n) is 10.6. The molecule has 4 nitrogen and oxygen atoms in total. The molecule has 1 unspecified atom stereocenters. The van der Waals surface area contributed by atoms with Crippen molar-refractivity contribution in [2.24, 2.45) is 0 Å². The van der Waals surface area contributed by atoms with Crippen molar-refractivity contribution in [1.29, 1.82) is 0 Å². The van der Waals surface area contributed by atoms with Crippen molar-refractivity contribution in [2.75, 3.05) is 12.8 Å². The number of hydrogen-bond donors (Lipinski definition) is 1. The lowest BCUT2D eigenvalue weighted by atomic mass is 10.2. The Balaban J connectivity index is 2.91. The third-order valence-corrected chi connectivity index (χ3v) is 4.96. The summed E-state index contributed by atoms with van der Waals surface area (Å²) >= 11 is 0. The molecule has 0 fully saturated rings. The fourth-order valence-corrected chi connectivity index (χ4v) is 3.05. The van der Waals surface area contributed by atoms with Crippen LogP contribution in [0.15, 0.2) is 24.3 Å². The van der Waals surface area contributed by atoms with Gasteiger partial charge in [0.15, 0.2) is 0 Å². The van der Waals surface area contributed by atoms with Crippen molar-refractivity contribution < 1.29 is 8.42 Å². The molecule has 5 heteroatoms. The number of anilines is 1. The molecule has 0 bridgehead atoms. The Labute approximate surface area is 103 Å². The molecule has 96 valence electrons. The molecule has 0 aliphatic carbocycles. The summed E-state index contributed by atoms with van der Waals surface area (Å²) in [5.41, 5.74) is 6.93. The van der Waals surface area contributed by atoms with Gasteiger partial charge in [-0.05, 0) is 25.0 Å². The lowest BCUT2D eigenvalue weighted by Gasteiger charge is -2.23. The SMILES string of the molecule is CCC(C)N(C)S(=O)(=O)Cc1ccccc1N. The van der Waals surface area contributed by atoms with Crippen LogP contribution in [0.1, 0.15) is 25.8 Å². The fourth-order valence-electron chi connectivity index (χ4n) is 1.50. The second-order valence-corrected chi connectivity index (χ2v) is 6.26. The molecule has 0 radical (unpaired) electrons. The smallest absolute Gasteiger partial charge is 0.218 e. The van der Waals surface area contributed by atoms with Crippen molar-refractivity contribution in [3.05, 3.63) is 29.8 Å². The second-order valence-electron chi connectivity index (χ2n) is 4.23. The quantitative estimate of drug-likeness (QED) is 0.817. The van der Waals surface area contributed by atoms with Crippen LogP contribution in [0.4, 0.5) is 5.69 Å². The van der Waals surface area contributed by atoms with Gasteiger partial charge in [-0.15, -0.1) is 0 Å². The molecular formula is C12H20N2O2S. The average molecular weight is 256 g/mol. The summed E-state index contributed by atoms with van der Waals surface area (Å²) in [7, 11) is -1.68. The zero-order chi connectivity index (χ0) is 13.1. The van der Waals surface area contributed by atoms with Crippen LogP contribution in [-0.4, -0.2) is 25.8 Å². The van der Waals surface area contributed by atoms with E-state index in [1.165, 1.54) is 4.31 Å². The number of nitrogens with zero attached hydrogens (tertiary/aromatic N) is 1. The minimum Gasteiger partial charge on any atom is -0.398 e. The van der Waals surface area contributed by atoms with E-state index in [9.17, 15) is 8.42 Å². The van der Waals surface area contributed by atoms with Crippen molar-refractivity contribution in [2.45, 2.75) is 32.1 Å². The number of nitrogen functional groups attached to an aromatic ring is 1. The lowest BCUT2D eigenvalue weighted by Crippen LogP contribution is -2.35. The molecule has 0 aromatic heterocycles. The van der Waals surface area contributed by atoms with Gasteiger partial charge in [0.05, 0.1) is 5.75 Å². The van der Waals surface area contributed by atoms with Crippen molar-refractivity contribution in [1.82, 2.24) is 4.31 Å². The van der Waals surface area contributed by atoms with Crippen LogP contribution in [0.3, 0.4) is 0 Å². The molecule has 1 aromatic rings. The Kier molecular flexibility index (Phi) is 4.54. The first-order valence-electron chi connectivity index (χ1n) is 5.67. The Morgan fingerprint density at radius 3 is 2.47 bits per heavy atom. The zero-order valence-corrected chi connectivity index (χ0v) is 11.4. The Hall–Kier alpha value is -1.07. The maximum Gasteiger partial charge on any atom is 0.218 e. The predicted octanol–water partition coefficient (Wildman–Crippen LogP) is 1.83. The van der Waals surface area contributed by atoms with E-state index in [4.69, 9.17) is 5.73 Å². The van der Waals surface area contributed by atoms with E-state index in [1.807, 2.05) is 13.8 Å². The van der Waals surface area contributed by atoms with Crippen LogP contribution >= 0.6 is 0 Å². The molecular weight excluding hydrogens is 236 g/mol. The number of sulfonamides is 1. The van der Waals surface area contributed by atoms with Crippen LogP contribution in [-0.2, 0) is 15.8 Å². The van der Waals surface area contributed by atoms with Gasteiger partial charge in [0, 0.05) is 18.8 Å². The fraction of sp³-hybridized carbons (Fsp3) is 0.500. The highest BCUT2D eigenvalue weighted by Gasteiger charge is 2.23. The Morgan fingerprint density at radius 1 is 1.35 bits per heavy atom. The highest BCUT2D eigenvalue weighted by molar-refractivity contribution is 7.88. The summed E-state index contributed by atoms with van der Waals surface area (Å²) in [5, 5.41) is 0. The topological polar surface area (TPSA) is 63.4 Å². The van der Waals surface area contributed by atoms with Crippen LogP contribution in [0.5, 0.6) is 0 Å². The maximum absolute atomic E-state index is 12.1. The molecule has 1 rings (SSSR count). The van der Waals surface area contributed by atoms with E-state index in [1.54, 1.807) is 31.3 Å². The van der Waals surface area contributed by atoms with Gasteiger partial charge in [0.2, 0.25) is 10.0 Å². The highest BCUT2D eigenvalue weighted by Crippen LogP contribution is 2.17. The number of para-hydroxylation sites is 1. The molecule has 0 saturated heterocycles. The largest absolute Gasteiger partial charge is 0.398 e. The Morgan fingerprint density at radius 2 is 1.94 bits per heavy atom. The van der Waals surface area contributed by atoms with Crippen molar-refractivity contribution in [3.63, 3.8) is 0 Å². The monoisotopic (exact) mass is 256 g/mol. The lowest BCUT2D eigenvalue weighted by molar-refractivity contribution is 0.380. The van der Waals surface area contributed by atoms with Gasteiger partial charge >= 0.3 is 0 Å². The van der Waals surface area contributed by atoms with Gasteiger partial charge in [-0.3, -0.25) is 0 Å². The molecule has 0 amide bonds. The third kappa shape index (κ3) is 3.44. The normalized spacial score (nSPS) is 13.9. The van der Waals surface area contributed by atoms with Crippen LogP contribution < -0.4 is 5.73 Å². The van der Waals surface area contributed by atoms with Gasteiger partial charge in [-0.1, -0.05) is 25.1 Å². The van der Waals surface area contributed by atoms with Gasteiger partial charge in [0.1, 0.15) is 0 Å². The van der Waals surface area contributed by atoms with E-state index in [0.29, 0.717) is 11.3 Å². The van der Waals surface area contributed by atoms with E-state index in [2.05, 4.69) is 0 Å². The Bertz CT molecular complexity index is 471.